The SMILES string of the molecule is CCN1CCN(c2ccc(Cl)cc2NC(=O)c2sc(-c3ccccn3)nc2C)CC1. The van der Waals surface area contributed by atoms with E-state index in [0.29, 0.717) is 15.6 Å². The number of piperazine rings is 1. The smallest absolute Gasteiger partial charge is 0.267 e. The average molecular weight is 442 g/mol. The number of amides is 1. The van der Waals surface area contributed by atoms with E-state index >= 15 is 0 Å². The van der Waals surface area contributed by atoms with Gasteiger partial charge in [-0.1, -0.05) is 24.6 Å². The van der Waals surface area contributed by atoms with Crippen LogP contribution in [0.4, 0.5) is 11.4 Å². The normalized spacial score (nSPS) is 14.7. The van der Waals surface area contributed by atoms with Gasteiger partial charge in [0, 0.05) is 37.4 Å². The van der Waals surface area contributed by atoms with Gasteiger partial charge in [0.1, 0.15) is 9.88 Å². The molecule has 0 aliphatic carbocycles. The second-order valence-corrected chi connectivity index (χ2v) is 8.62. The number of nitrogens with one attached hydrogen (secondary N) is 1. The summed E-state index contributed by atoms with van der Waals surface area (Å²) in [6.45, 7) is 8.94. The quantitative estimate of drug-likeness (QED) is 0.628. The fourth-order valence-corrected chi connectivity index (χ4v) is 4.68. The minimum Gasteiger partial charge on any atom is -0.367 e. The third-order valence-electron chi connectivity index (χ3n) is 5.25. The molecule has 30 heavy (non-hydrogen) atoms. The predicted molar refractivity (Wildman–Crippen MR) is 124 cm³/mol. The summed E-state index contributed by atoms with van der Waals surface area (Å²) in [7, 11) is 0. The highest BCUT2D eigenvalue weighted by Crippen LogP contribution is 2.32. The third kappa shape index (κ3) is 4.48. The van der Waals surface area contributed by atoms with Gasteiger partial charge in [0.2, 0.25) is 0 Å². The van der Waals surface area contributed by atoms with Gasteiger partial charge < -0.3 is 15.1 Å². The lowest BCUT2D eigenvalue weighted by molar-refractivity contribution is 0.103. The summed E-state index contributed by atoms with van der Waals surface area (Å²) in [6, 6.07) is 11.3. The molecule has 2 aromatic heterocycles. The standard InChI is InChI=1S/C22H24ClN5OS/c1-3-27-10-12-28(13-11-27)19-8-7-16(23)14-18(19)26-21(29)20-15(2)25-22(30-20)17-6-4-5-9-24-17/h4-9,14H,3,10-13H2,1-2H3,(H,26,29). The monoisotopic (exact) mass is 441 g/mol. The highest BCUT2D eigenvalue weighted by Gasteiger charge is 2.22. The summed E-state index contributed by atoms with van der Waals surface area (Å²) in [5.74, 6) is -0.178. The Morgan fingerprint density at radius 2 is 2.00 bits per heavy atom. The maximum absolute atomic E-state index is 13.1. The van der Waals surface area contributed by atoms with Crippen molar-refractivity contribution in [3.05, 3.63) is 58.2 Å². The summed E-state index contributed by atoms with van der Waals surface area (Å²) in [4.78, 5) is 27.3. The van der Waals surface area contributed by atoms with Crippen molar-refractivity contribution in [3.63, 3.8) is 0 Å². The third-order valence-corrected chi connectivity index (χ3v) is 6.67. The van der Waals surface area contributed by atoms with Gasteiger partial charge in [0.25, 0.3) is 5.91 Å². The van der Waals surface area contributed by atoms with Crippen molar-refractivity contribution in [1.82, 2.24) is 14.9 Å². The van der Waals surface area contributed by atoms with Crippen molar-refractivity contribution in [2.75, 3.05) is 42.9 Å². The Bertz CT molecular complexity index is 1030. The molecule has 0 radical (unpaired) electrons. The topological polar surface area (TPSA) is 61.4 Å². The molecule has 1 fully saturated rings. The first-order valence-corrected chi connectivity index (χ1v) is 11.2. The van der Waals surface area contributed by atoms with Crippen LogP contribution in [0, 0.1) is 6.92 Å². The zero-order valence-electron chi connectivity index (χ0n) is 17.1. The van der Waals surface area contributed by atoms with E-state index in [-0.39, 0.29) is 5.91 Å². The Kier molecular flexibility index (Phi) is 6.32. The van der Waals surface area contributed by atoms with E-state index in [0.717, 1.165) is 54.8 Å². The highest BCUT2D eigenvalue weighted by molar-refractivity contribution is 7.17. The van der Waals surface area contributed by atoms with Crippen LogP contribution in [0.5, 0.6) is 0 Å². The number of aryl methyl sites for hydroxylation is 1. The van der Waals surface area contributed by atoms with Crippen LogP contribution in [0.1, 0.15) is 22.3 Å². The molecule has 3 aromatic rings. The number of likely N-dealkylation sites (N-methyl/N-ethyl adjacent to an activating group) is 1. The zero-order chi connectivity index (χ0) is 21.1. The van der Waals surface area contributed by atoms with Gasteiger partial charge in [0.05, 0.1) is 22.8 Å². The molecule has 156 valence electrons. The van der Waals surface area contributed by atoms with E-state index < -0.39 is 0 Å². The fourth-order valence-electron chi connectivity index (χ4n) is 3.57. The molecule has 1 aliphatic rings. The number of hydrogen-bond donors (Lipinski definition) is 1. The van der Waals surface area contributed by atoms with Crippen LogP contribution in [-0.2, 0) is 0 Å². The van der Waals surface area contributed by atoms with Gasteiger partial charge in [-0.3, -0.25) is 9.78 Å². The summed E-state index contributed by atoms with van der Waals surface area (Å²) in [6.07, 6.45) is 1.72. The van der Waals surface area contributed by atoms with Gasteiger partial charge >= 0.3 is 0 Å². The number of anilines is 2. The van der Waals surface area contributed by atoms with E-state index in [2.05, 4.69) is 32.0 Å². The largest absolute Gasteiger partial charge is 0.367 e. The van der Waals surface area contributed by atoms with Crippen LogP contribution < -0.4 is 10.2 Å². The second kappa shape index (κ2) is 9.12. The van der Waals surface area contributed by atoms with E-state index in [9.17, 15) is 4.79 Å². The van der Waals surface area contributed by atoms with E-state index in [1.54, 1.807) is 6.20 Å². The van der Waals surface area contributed by atoms with Gasteiger partial charge in [-0.05, 0) is 43.8 Å². The number of thiazole rings is 1. The number of carbonyl (C=O) groups is 1. The van der Waals surface area contributed by atoms with Crippen LogP contribution in [-0.4, -0.2) is 53.5 Å². The molecule has 0 unspecified atom stereocenters. The second-order valence-electron chi connectivity index (χ2n) is 7.19. The molecule has 6 nitrogen and oxygen atoms in total. The number of rotatable bonds is 5. The first kappa shape index (κ1) is 20.8. The number of halogens is 1. The highest BCUT2D eigenvalue weighted by atomic mass is 35.5. The van der Waals surface area contributed by atoms with Crippen molar-refractivity contribution in [2.24, 2.45) is 0 Å². The van der Waals surface area contributed by atoms with Gasteiger partial charge in [-0.15, -0.1) is 11.3 Å². The van der Waals surface area contributed by atoms with Crippen LogP contribution in [0.2, 0.25) is 5.02 Å². The summed E-state index contributed by atoms with van der Waals surface area (Å²) in [5, 5.41) is 4.40. The summed E-state index contributed by atoms with van der Waals surface area (Å²) >= 11 is 7.60. The summed E-state index contributed by atoms with van der Waals surface area (Å²) < 4.78 is 0. The van der Waals surface area contributed by atoms with E-state index in [1.165, 1.54) is 11.3 Å². The molecule has 1 saturated heterocycles. The van der Waals surface area contributed by atoms with Crippen molar-refractivity contribution < 1.29 is 4.79 Å². The molecule has 0 bridgehead atoms. The molecule has 3 heterocycles. The van der Waals surface area contributed by atoms with Crippen LogP contribution >= 0.6 is 22.9 Å². The van der Waals surface area contributed by atoms with Crippen molar-refractivity contribution in [1.29, 1.82) is 0 Å². The average Bonchev–Trinajstić information content (AvgIpc) is 3.16. The minimum atomic E-state index is -0.178. The number of carbonyl (C=O) groups excluding carboxylic acids is 1. The van der Waals surface area contributed by atoms with Crippen molar-refractivity contribution >= 4 is 40.2 Å². The molecule has 8 heteroatoms. The Morgan fingerprint density at radius 3 is 2.70 bits per heavy atom. The number of aromatic nitrogens is 2. The first-order chi connectivity index (χ1) is 14.5. The van der Waals surface area contributed by atoms with Gasteiger partial charge in [0.15, 0.2) is 0 Å². The lowest BCUT2D eigenvalue weighted by Crippen LogP contribution is -2.46. The number of hydrogen-bond acceptors (Lipinski definition) is 6. The van der Waals surface area contributed by atoms with Crippen LogP contribution in [0.3, 0.4) is 0 Å². The first-order valence-electron chi connectivity index (χ1n) is 10.0. The number of benzene rings is 1. The molecule has 1 aliphatic heterocycles. The predicted octanol–water partition coefficient (Wildman–Crippen LogP) is 4.56. The molecular weight excluding hydrogens is 418 g/mol. The number of nitrogens with zero attached hydrogens (tertiary/aromatic N) is 4. The fraction of sp³-hybridized carbons (Fsp3) is 0.318. The molecular formula is C22H24ClN5OS. The Balaban J connectivity index is 1.57. The molecule has 1 aromatic carbocycles. The minimum absolute atomic E-state index is 0.178. The molecule has 1 N–H and O–H groups in total. The van der Waals surface area contributed by atoms with E-state index in [4.69, 9.17) is 11.6 Å². The molecule has 0 saturated carbocycles. The van der Waals surface area contributed by atoms with Crippen molar-refractivity contribution in [3.8, 4) is 10.7 Å². The lowest BCUT2D eigenvalue weighted by Gasteiger charge is -2.36. The maximum atomic E-state index is 13.1. The Morgan fingerprint density at radius 1 is 1.20 bits per heavy atom. The van der Waals surface area contributed by atoms with Crippen molar-refractivity contribution in [2.45, 2.75) is 13.8 Å². The van der Waals surface area contributed by atoms with Crippen LogP contribution in [0.15, 0.2) is 42.6 Å². The molecule has 1 amide bonds. The van der Waals surface area contributed by atoms with Crippen LogP contribution in [0.25, 0.3) is 10.7 Å². The Labute approximate surface area is 185 Å². The summed E-state index contributed by atoms with van der Waals surface area (Å²) in [5.41, 5.74) is 3.18. The Hall–Kier alpha value is -2.48. The molecule has 4 rings (SSSR count). The molecule has 0 spiro atoms. The lowest BCUT2D eigenvalue weighted by atomic mass is 10.2. The maximum Gasteiger partial charge on any atom is 0.267 e. The van der Waals surface area contributed by atoms with E-state index in [1.807, 2.05) is 43.3 Å². The number of pyridine rings is 1. The van der Waals surface area contributed by atoms with Gasteiger partial charge in [-0.2, -0.15) is 0 Å². The molecule has 0 atom stereocenters. The zero-order valence-corrected chi connectivity index (χ0v) is 18.6. The van der Waals surface area contributed by atoms with Gasteiger partial charge in [-0.25, -0.2) is 4.98 Å².